The third-order valence-corrected chi connectivity index (χ3v) is 2.89. The molecule has 1 aromatic rings. The van der Waals surface area contributed by atoms with E-state index in [1.165, 1.54) is 4.90 Å². The number of nitrogens with one attached hydrogen (secondary N) is 1. The molecule has 1 rings (SSSR count). The van der Waals surface area contributed by atoms with E-state index in [1.54, 1.807) is 26.4 Å². The first-order valence-electron chi connectivity index (χ1n) is 6.05. The van der Waals surface area contributed by atoms with E-state index in [4.69, 9.17) is 11.1 Å². The van der Waals surface area contributed by atoms with Crippen LogP contribution in [0.25, 0.3) is 0 Å². The quantitative estimate of drug-likeness (QED) is 0.607. The summed E-state index contributed by atoms with van der Waals surface area (Å²) in [6.07, 6.45) is 1.61. The predicted molar refractivity (Wildman–Crippen MR) is 76.6 cm³/mol. The van der Waals surface area contributed by atoms with Crippen molar-refractivity contribution in [1.82, 2.24) is 9.88 Å². The maximum Gasteiger partial charge on any atom is 0.272 e. The molecule has 1 atom stereocenters. The van der Waals surface area contributed by atoms with E-state index in [9.17, 15) is 4.79 Å². The molecule has 1 unspecified atom stereocenters. The van der Waals surface area contributed by atoms with E-state index in [-0.39, 0.29) is 17.7 Å². The van der Waals surface area contributed by atoms with Crippen molar-refractivity contribution >= 4 is 17.4 Å². The van der Waals surface area contributed by atoms with Gasteiger partial charge in [-0.1, -0.05) is 6.92 Å². The normalized spacial score (nSPS) is 11.8. The minimum absolute atomic E-state index is 0.0360. The van der Waals surface area contributed by atoms with Gasteiger partial charge in [-0.25, -0.2) is 0 Å². The lowest BCUT2D eigenvalue weighted by Crippen LogP contribution is -2.32. The van der Waals surface area contributed by atoms with Crippen molar-refractivity contribution in [2.75, 3.05) is 32.6 Å². The Kier molecular flexibility index (Phi) is 4.86. The van der Waals surface area contributed by atoms with Crippen molar-refractivity contribution in [3.8, 4) is 0 Å². The molecule has 0 spiro atoms. The summed E-state index contributed by atoms with van der Waals surface area (Å²) in [6, 6.07) is 3.58. The number of aromatic nitrogens is 1. The van der Waals surface area contributed by atoms with Gasteiger partial charge in [0.25, 0.3) is 5.91 Å². The van der Waals surface area contributed by atoms with Gasteiger partial charge in [0.2, 0.25) is 0 Å². The Morgan fingerprint density at radius 2 is 2.11 bits per heavy atom. The summed E-state index contributed by atoms with van der Waals surface area (Å²) < 4.78 is 0. The van der Waals surface area contributed by atoms with Crippen LogP contribution in [0.15, 0.2) is 18.3 Å². The molecular weight excluding hydrogens is 242 g/mol. The Morgan fingerprint density at radius 1 is 1.47 bits per heavy atom. The number of nitrogens with zero attached hydrogens (tertiary/aromatic N) is 3. The van der Waals surface area contributed by atoms with Crippen LogP contribution in [0.5, 0.6) is 0 Å². The van der Waals surface area contributed by atoms with Gasteiger partial charge in [0.05, 0.1) is 5.84 Å². The molecule has 0 aliphatic heterocycles. The molecule has 1 amide bonds. The molecule has 1 aromatic heterocycles. The molecule has 6 nitrogen and oxygen atoms in total. The van der Waals surface area contributed by atoms with Crippen LogP contribution in [-0.4, -0.2) is 49.3 Å². The Labute approximate surface area is 113 Å². The van der Waals surface area contributed by atoms with Gasteiger partial charge in [-0.2, -0.15) is 0 Å². The Morgan fingerprint density at radius 3 is 2.63 bits per heavy atom. The van der Waals surface area contributed by atoms with Crippen LogP contribution >= 0.6 is 0 Å². The van der Waals surface area contributed by atoms with Crippen molar-refractivity contribution in [2.24, 2.45) is 11.7 Å². The number of pyridine rings is 1. The fourth-order valence-corrected chi connectivity index (χ4v) is 1.62. The number of hydrogen-bond donors (Lipinski definition) is 2. The topological polar surface area (TPSA) is 86.3 Å². The minimum atomic E-state index is -0.130. The van der Waals surface area contributed by atoms with E-state index in [0.717, 1.165) is 5.69 Å². The van der Waals surface area contributed by atoms with Crippen molar-refractivity contribution in [3.05, 3.63) is 24.0 Å². The lowest BCUT2D eigenvalue weighted by molar-refractivity contribution is 0.0822. The second-order valence-electron chi connectivity index (χ2n) is 4.84. The highest BCUT2D eigenvalue weighted by Gasteiger charge is 2.13. The first kappa shape index (κ1) is 14.9. The van der Waals surface area contributed by atoms with Crippen molar-refractivity contribution in [3.63, 3.8) is 0 Å². The first-order chi connectivity index (χ1) is 8.82. The number of carbonyl (C=O) groups is 1. The van der Waals surface area contributed by atoms with E-state index < -0.39 is 0 Å². The lowest BCUT2D eigenvalue weighted by atomic mass is 10.1. The SMILES string of the molecule is CC(CN(C)c1ccnc(C(=O)N(C)C)c1)C(=N)N. The van der Waals surface area contributed by atoms with Crippen molar-refractivity contribution in [2.45, 2.75) is 6.92 Å². The van der Waals surface area contributed by atoms with Crippen LogP contribution in [0.3, 0.4) is 0 Å². The highest BCUT2D eigenvalue weighted by molar-refractivity contribution is 5.92. The molecule has 1 heterocycles. The lowest BCUT2D eigenvalue weighted by Gasteiger charge is -2.23. The number of anilines is 1. The largest absolute Gasteiger partial charge is 0.387 e. The highest BCUT2D eigenvalue weighted by Crippen LogP contribution is 2.15. The molecule has 19 heavy (non-hydrogen) atoms. The fourth-order valence-electron chi connectivity index (χ4n) is 1.62. The van der Waals surface area contributed by atoms with E-state index in [1.807, 2.05) is 24.9 Å². The van der Waals surface area contributed by atoms with Crippen LogP contribution in [0.4, 0.5) is 5.69 Å². The fraction of sp³-hybridized carbons (Fsp3) is 0.462. The monoisotopic (exact) mass is 263 g/mol. The van der Waals surface area contributed by atoms with Gasteiger partial charge in [-0.15, -0.1) is 0 Å². The zero-order valence-corrected chi connectivity index (χ0v) is 11.8. The molecule has 0 bridgehead atoms. The highest BCUT2D eigenvalue weighted by atomic mass is 16.2. The van der Waals surface area contributed by atoms with Gasteiger partial charge < -0.3 is 15.5 Å². The number of carbonyl (C=O) groups excluding carboxylic acids is 1. The Bertz CT molecular complexity index is 472. The number of amidine groups is 1. The van der Waals surface area contributed by atoms with Gasteiger partial charge >= 0.3 is 0 Å². The van der Waals surface area contributed by atoms with Gasteiger partial charge in [0.15, 0.2) is 0 Å². The second-order valence-corrected chi connectivity index (χ2v) is 4.84. The van der Waals surface area contributed by atoms with Crippen molar-refractivity contribution < 1.29 is 4.79 Å². The third kappa shape index (κ3) is 3.94. The van der Waals surface area contributed by atoms with Crippen molar-refractivity contribution in [1.29, 1.82) is 5.41 Å². The maximum atomic E-state index is 11.8. The van der Waals surface area contributed by atoms with E-state index in [2.05, 4.69) is 4.98 Å². The smallest absolute Gasteiger partial charge is 0.272 e. The minimum Gasteiger partial charge on any atom is -0.387 e. The van der Waals surface area contributed by atoms with Crippen LogP contribution in [0.2, 0.25) is 0 Å². The third-order valence-electron chi connectivity index (χ3n) is 2.89. The second kappa shape index (κ2) is 6.17. The average molecular weight is 263 g/mol. The number of nitrogens with two attached hydrogens (primary N) is 1. The van der Waals surface area contributed by atoms with E-state index >= 15 is 0 Å². The maximum absolute atomic E-state index is 11.8. The Balaban J connectivity index is 2.87. The number of hydrogen-bond acceptors (Lipinski definition) is 4. The van der Waals surface area contributed by atoms with Crippen LogP contribution in [-0.2, 0) is 0 Å². The summed E-state index contributed by atoms with van der Waals surface area (Å²) in [7, 11) is 5.29. The molecule has 0 aliphatic carbocycles. The zero-order chi connectivity index (χ0) is 14.6. The number of rotatable bonds is 5. The molecule has 0 aromatic carbocycles. The zero-order valence-electron chi connectivity index (χ0n) is 11.8. The molecule has 3 N–H and O–H groups in total. The molecular formula is C13H21N5O. The summed E-state index contributed by atoms with van der Waals surface area (Å²) in [6.45, 7) is 2.51. The molecule has 104 valence electrons. The average Bonchev–Trinajstić information content (AvgIpc) is 2.37. The van der Waals surface area contributed by atoms with Gasteiger partial charge in [-0.3, -0.25) is 15.2 Å². The van der Waals surface area contributed by atoms with Crippen LogP contribution < -0.4 is 10.6 Å². The number of amides is 1. The first-order valence-corrected chi connectivity index (χ1v) is 6.05. The van der Waals surface area contributed by atoms with Crippen LogP contribution in [0.1, 0.15) is 17.4 Å². The predicted octanol–water partition coefficient (Wildman–Crippen LogP) is 0.792. The standard InChI is InChI=1S/C13H21N5O/c1-9(12(14)15)8-18(4)10-5-6-16-11(7-10)13(19)17(2)3/h5-7,9H,8H2,1-4H3,(H3,14,15). The van der Waals surface area contributed by atoms with Gasteiger partial charge in [0.1, 0.15) is 5.69 Å². The van der Waals surface area contributed by atoms with Gasteiger partial charge in [-0.05, 0) is 12.1 Å². The molecule has 0 radical (unpaired) electrons. The molecule has 0 aliphatic rings. The summed E-state index contributed by atoms with van der Waals surface area (Å²) in [5, 5.41) is 7.40. The van der Waals surface area contributed by atoms with Gasteiger partial charge in [0, 0.05) is 45.5 Å². The van der Waals surface area contributed by atoms with Crippen LogP contribution in [0, 0.1) is 11.3 Å². The molecule has 0 saturated heterocycles. The van der Waals surface area contributed by atoms with E-state index in [0.29, 0.717) is 12.2 Å². The Hall–Kier alpha value is -2.11. The summed E-state index contributed by atoms with van der Waals surface area (Å²) in [5.74, 6) is -0.00784. The summed E-state index contributed by atoms with van der Waals surface area (Å²) in [5.41, 5.74) is 6.75. The molecule has 6 heteroatoms. The summed E-state index contributed by atoms with van der Waals surface area (Å²) >= 11 is 0. The summed E-state index contributed by atoms with van der Waals surface area (Å²) in [4.78, 5) is 19.4. The molecule has 0 fully saturated rings. The molecule has 0 saturated carbocycles.